The summed E-state index contributed by atoms with van der Waals surface area (Å²) < 4.78 is 11.3. The minimum Gasteiger partial charge on any atom is -0.488 e. The molecule has 0 aromatic heterocycles. The quantitative estimate of drug-likeness (QED) is 0.217. The number of carbonyl (C=O) groups is 4. The maximum Gasteiger partial charge on any atom is 0.337 e. The van der Waals surface area contributed by atoms with Crippen molar-refractivity contribution in [2.45, 2.75) is 6.61 Å². The van der Waals surface area contributed by atoms with Crippen molar-refractivity contribution in [3.63, 3.8) is 0 Å². The number of nitrogens with one attached hydrogen (secondary N) is 1. The molecule has 3 aromatic rings. The summed E-state index contributed by atoms with van der Waals surface area (Å²) in [5.41, 5.74) is 1.30. The van der Waals surface area contributed by atoms with Gasteiger partial charge in [-0.1, -0.05) is 45.2 Å². The number of anilines is 1. The van der Waals surface area contributed by atoms with Crippen LogP contribution >= 0.6 is 39.1 Å². The largest absolute Gasteiger partial charge is 0.488 e. The summed E-state index contributed by atoms with van der Waals surface area (Å²) in [7, 11) is 1.24. The number of amides is 4. The van der Waals surface area contributed by atoms with Crippen molar-refractivity contribution in [1.82, 2.24) is 5.32 Å². The average molecular weight is 604 g/mol. The van der Waals surface area contributed by atoms with E-state index in [4.69, 9.17) is 27.9 Å². The Hall–Kier alpha value is -3.66. The van der Waals surface area contributed by atoms with Crippen molar-refractivity contribution >= 4 is 74.7 Å². The fraction of sp³-hybridized carbons (Fsp3) is 0.0769. The van der Waals surface area contributed by atoms with Crippen molar-refractivity contribution in [2.75, 3.05) is 12.0 Å². The normalized spacial score (nSPS) is 14.5. The van der Waals surface area contributed by atoms with Crippen LogP contribution in [0.3, 0.4) is 0 Å². The van der Waals surface area contributed by atoms with Gasteiger partial charge in [-0.2, -0.15) is 0 Å². The Balaban J connectivity index is 1.64. The molecule has 0 unspecified atom stereocenters. The van der Waals surface area contributed by atoms with Gasteiger partial charge in [-0.15, -0.1) is 0 Å². The molecule has 0 aliphatic carbocycles. The molecule has 1 aliphatic heterocycles. The smallest absolute Gasteiger partial charge is 0.337 e. The Morgan fingerprint density at radius 1 is 1.00 bits per heavy atom. The first-order valence-corrected chi connectivity index (χ1v) is 12.2. The standard InChI is InChI=1S/C26H17BrCl2N2O6/c1-36-25(34)15-3-6-18(7-4-15)31-24(33)19(23(32)30-26(31)35)12-16-11-17(27)5-9-22(16)37-13-14-2-8-20(28)21(29)10-14/h2-12H,13H2,1H3,(H,30,32,35)/b19-12+. The van der Waals surface area contributed by atoms with Crippen LogP contribution in [0.4, 0.5) is 10.5 Å². The zero-order chi connectivity index (χ0) is 26.7. The number of hydrogen-bond donors (Lipinski definition) is 1. The molecule has 1 saturated heterocycles. The van der Waals surface area contributed by atoms with Gasteiger partial charge in [-0.3, -0.25) is 14.9 Å². The van der Waals surface area contributed by atoms with Crippen LogP contribution in [0, 0.1) is 0 Å². The molecule has 188 valence electrons. The van der Waals surface area contributed by atoms with Gasteiger partial charge in [0.2, 0.25) is 0 Å². The van der Waals surface area contributed by atoms with Crippen LogP contribution in [0.5, 0.6) is 5.75 Å². The topological polar surface area (TPSA) is 102 Å². The number of hydrogen-bond acceptors (Lipinski definition) is 6. The van der Waals surface area contributed by atoms with E-state index in [1.165, 1.54) is 37.5 Å². The van der Waals surface area contributed by atoms with E-state index in [9.17, 15) is 19.2 Å². The molecule has 0 bridgehead atoms. The van der Waals surface area contributed by atoms with Crippen molar-refractivity contribution in [3.8, 4) is 5.75 Å². The van der Waals surface area contributed by atoms with Gasteiger partial charge in [0.15, 0.2) is 0 Å². The van der Waals surface area contributed by atoms with Crippen molar-refractivity contribution in [2.24, 2.45) is 0 Å². The van der Waals surface area contributed by atoms with E-state index < -0.39 is 23.8 Å². The van der Waals surface area contributed by atoms with Gasteiger partial charge in [0.1, 0.15) is 17.9 Å². The Bertz CT molecular complexity index is 1460. The predicted octanol–water partition coefficient (Wildman–Crippen LogP) is 5.79. The van der Waals surface area contributed by atoms with Crippen molar-refractivity contribution in [1.29, 1.82) is 0 Å². The van der Waals surface area contributed by atoms with E-state index in [1.807, 2.05) is 0 Å². The van der Waals surface area contributed by atoms with E-state index in [0.29, 0.717) is 25.8 Å². The van der Waals surface area contributed by atoms with Crippen LogP contribution in [-0.4, -0.2) is 30.9 Å². The van der Waals surface area contributed by atoms with Gasteiger partial charge in [0.25, 0.3) is 11.8 Å². The van der Waals surface area contributed by atoms with E-state index in [-0.39, 0.29) is 23.4 Å². The lowest BCUT2D eigenvalue weighted by atomic mass is 10.1. The minimum atomic E-state index is -0.914. The SMILES string of the molecule is COC(=O)c1ccc(N2C(=O)NC(=O)/C(=C\c3cc(Br)ccc3OCc3ccc(Cl)c(Cl)c3)C2=O)cc1. The predicted molar refractivity (Wildman–Crippen MR) is 142 cm³/mol. The number of halogens is 3. The molecule has 0 radical (unpaired) electrons. The summed E-state index contributed by atoms with van der Waals surface area (Å²) in [5.74, 6) is -1.88. The van der Waals surface area contributed by atoms with Gasteiger partial charge in [-0.05, 0) is 66.2 Å². The maximum absolute atomic E-state index is 13.3. The Labute approximate surface area is 229 Å². The minimum absolute atomic E-state index is 0.145. The third-order valence-electron chi connectivity index (χ3n) is 5.30. The lowest BCUT2D eigenvalue weighted by molar-refractivity contribution is -0.122. The van der Waals surface area contributed by atoms with E-state index in [0.717, 1.165) is 10.5 Å². The molecule has 0 spiro atoms. The molecule has 1 heterocycles. The Kier molecular flexibility index (Phi) is 7.97. The first-order valence-electron chi connectivity index (χ1n) is 10.6. The Morgan fingerprint density at radius 3 is 2.41 bits per heavy atom. The first kappa shape index (κ1) is 26.4. The van der Waals surface area contributed by atoms with E-state index in [1.54, 1.807) is 36.4 Å². The second kappa shape index (κ2) is 11.2. The molecular formula is C26H17BrCl2N2O6. The van der Waals surface area contributed by atoms with Crippen LogP contribution in [0.25, 0.3) is 6.08 Å². The fourth-order valence-corrected chi connectivity index (χ4v) is 4.17. The zero-order valence-corrected chi connectivity index (χ0v) is 22.2. The summed E-state index contributed by atoms with van der Waals surface area (Å²) >= 11 is 15.4. The molecule has 4 amide bonds. The summed E-state index contributed by atoms with van der Waals surface area (Å²) in [6.07, 6.45) is 1.34. The number of benzene rings is 3. The summed E-state index contributed by atoms with van der Waals surface area (Å²) in [4.78, 5) is 50.9. The number of carbonyl (C=O) groups excluding carboxylic acids is 4. The molecule has 37 heavy (non-hydrogen) atoms. The molecule has 0 atom stereocenters. The molecule has 0 saturated carbocycles. The third-order valence-corrected chi connectivity index (χ3v) is 6.53. The van der Waals surface area contributed by atoms with Gasteiger partial charge in [0, 0.05) is 10.0 Å². The van der Waals surface area contributed by atoms with Gasteiger partial charge in [0.05, 0.1) is 28.4 Å². The first-order chi connectivity index (χ1) is 17.7. The highest BCUT2D eigenvalue weighted by Gasteiger charge is 2.37. The monoisotopic (exact) mass is 602 g/mol. The molecular weight excluding hydrogens is 587 g/mol. The highest BCUT2D eigenvalue weighted by atomic mass is 79.9. The summed E-state index contributed by atoms with van der Waals surface area (Å²) in [6, 6.07) is 14.9. The van der Waals surface area contributed by atoms with Crippen LogP contribution in [0.2, 0.25) is 10.0 Å². The van der Waals surface area contributed by atoms with Crippen LogP contribution in [-0.2, 0) is 20.9 Å². The Morgan fingerprint density at radius 2 is 1.73 bits per heavy atom. The van der Waals surface area contributed by atoms with Gasteiger partial charge < -0.3 is 9.47 Å². The molecule has 1 fully saturated rings. The zero-order valence-electron chi connectivity index (χ0n) is 19.1. The van der Waals surface area contributed by atoms with Gasteiger partial charge in [-0.25, -0.2) is 14.5 Å². The highest BCUT2D eigenvalue weighted by Crippen LogP contribution is 2.30. The molecule has 8 nitrogen and oxygen atoms in total. The second-order valence-corrected chi connectivity index (χ2v) is 9.45. The van der Waals surface area contributed by atoms with Gasteiger partial charge >= 0.3 is 12.0 Å². The van der Waals surface area contributed by atoms with Crippen molar-refractivity contribution < 1.29 is 28.7 Å². The van der Waals surface area contributed by atoms with E-state index >= 15 is 0 Å². The number of nitrogens with zero attached hydrogens (tertiary/aromatic N) is 1. The van der Waals surface area contributed by atoms with Crippen LogP contribution in [0.1, 0.15) is 21.5 Å². The fourth-order valence-electron chi connectivity index (χ4n) is 3.47. The number of esters is 1. The summed E-state index contributed by atoms with van der Waals surface area (Å²) in [6.45, 7) is 0.145. The second-order valence-electron chi connectivity index (χ2n) is 7.72. The number of imide groups is 2. The average Bonchev–Trinajstić information content (AvgIpc) is 2.87. The lowest BCUT2D eigenvalue weighted by Gasteiger charge is -2.26. The molecule has 1 aliphatic rings. The van der Waals surface area contributed by atoms with Crippen LogP contribution < -0.4 is 15.0 Å². The van der Waals surface area contributed by atoms with Crippen LogP contribution in [0.15, 0.2) is 70.7 Å². The van der Waals surface area contributed by atoms with Crippen molar-refractivity contribution in [3.05, 3.63) is 97.4 Å². The molecule has 4 rings (SSSR count). The number of ether oxygens (including phenoxy) is 2. The molecule has 11 heteroatoms. The number of barbiturate groups is 1. The number of rotatable bonds is 6. The number of urea groups is 1. The lowest BCUT2D eigenvalue weighted by Crippen LogP contribution is -2.54. The molecule has 3 aromatic carbocycles. The highest BCUT2D eigenvalue weighted by molar-refractivity contribution is 9.10. The van der Waals surface area contributed by atoms with E-state index in [2.05, 4.69) is 26.0 Å². The maximum atomic E-state index is 13.3. The third kappa shape index (κ3) is 5.85. The number of methoxy groups -OCH3 is 1. The summed E-state index contributed by atoms with van der Waals surface area (Å²) in [5, 5.41) is 2.97. The molecule has 1 N–H and O–H groups in total.